The number of carbonyl (C=O) groups is 1. The van der Waals surface area contributed by atoms with E-state index in [1.807, 2.05) is 6.92 Å². The van der Waals surface area contributed by atoms with Gasteiger partial charge in [0.15, 0.2) is 0 Å². The Kier molecular flexibility index (Phi) is 12.6. The lowest BCUT2D eigenvalue weighted by Gasteiger charge is -2.00. The summed E-state index contributed by atoms with van der Waals surface area (Å²) < 4.78 is 10.2. The average Bonchev–Trinajstić information content (AvgIpc) is 2.32. The SMILES string of the molecule is CCCOC/C=C/CCCCCC(=O)OCC. The van der Waals surface area contributed by atoms with Crippen molar-refractivity contribution in [3.8, 4) is 0 Å². The number of hydrogen-bond donors (Lipinski definition) is 0. The normalized spacial score (nSPS) is 10.9. The molecule has 0 rings (SSSR count). The van der Waals surface area contributed by atoms with E-state index < -0.39 is 0 Å². The van der Waals surface area contributed by atoms with Crippen LogP contribution < -0.4 is 0 Å². The zero-order chi connectivity index (χ0) is 12.8. The topological polar surface area (TPSA) is 35.5 Å². The molecule has 0 amide bonds. The smallest absolute Gasteiger partial charge is 0.305 e. The Morgan fingerprint density at radius 1 is 1.12 bits per heavy atom. The van der Waals surface area contributed by atoms with Gasteiger partial charge in [0.05, 0.1) is 13.2 Å². The molecule has 100 valence electrons. The Hall–Kier alpha value is -0.830. The van der Waals surface area contributed by atoms with Crippen LogP contribution in [0.4, 0.5) is 0 Å². The lowest BCUT2D eigenvalue weighted by atomic mass is 10.1. The highest BCUT2D eigenvalue weighted by molar-refractivity contribution is 5.69. The maximum Gasteiger partial charge on any atom is 0.305 e. The summed E-state index contributed by atoms with van der Waals surface area (Å²) >= 11 is 0. The maximum absolute atomic E-state index is 11.0. The van der Waals surface area contributed by atoms with Crippen molar-refractivity contribution in [1.29, 1.82) is 0 Å². The molecule has 0 aliphatic carbocycles. The molecule has 0 aromatic carbocycles. The van der Waals surface area contributed by atoms with Crippen LogP contribution >= 0.6 is 0 Å². The Morgan fingerprint density at radius 3 is 2.65 bits per heavy atom. The molecule has 0 radical (unpaired) electrons. The van der Waals surface area contributed by atoms with Gasteiger partial charge >= 0.3 is 5.97 Å². The first-order valence-corrected chi connectivity index (χ1v) is 6.69. The minimum absolute atomic E-state index is 0.0731. The highest BCUT2D eigenvalue weighted by Crippen LogP contribution is 2.04. The van der Waals surface area contributed by atoms with Crippen LogP contribution in [0.3, 0.4) is 0 Å². The molecule has 0 saturated heterocycles. The van der Waals surface area contributed by atoms with E-state index >= 15 is 0 Å². The monoisotopic (exact) mass is 242 g/mol. The molecule has 0 saturated carbocycles. The van der Waals surface area contributed by atoms with Gasteiger partial charge < -0.3 is 9.47 Å². The molecule has 0 bridgehead atoms. The van der Waals surface area contributed by atoms with Crippen LogP contribution in [0.15, 0.2) is 12.2 Å². The lowest BCUT2D eigenvalue weighted by Crippen LogP contribution is -2.02. The molecule has 0 aromatic rings. The number of ether oxygens (including phenoxy) is 2. The Bertz CT molecular complexity index is 200. The molecule has 0 aromatic heterocycles. The highest BCUT2D eigenvalue weighted by Gasteiger charge is 1.99. The molecule has 0 fully saturated rings. The van der Waals surface area contributed by atoms with E-state index in [9.17, 15) is 4.79 Å². The van der Waals surface area contributed by atoms with E-state index in [0.29, 0.717) is 13.0 Å². The van der Waals surface area contributed by atoms with Crippen molar-refractivity contribution in [1.82, 2.24) is 0 Å². The van der Waals surface area contributed by atoms with Gasteiger partial charge in [-0.25, -0.2) is 0 Å². The van der Waals surface area contributed by atoms with Crippen molar-refractivity contribution in [3.63, 3.8) is 0 Å². The van der Waals surface area contributed by atoms with E-state index in [1.54, 1.807) is 0 Å². The molecule has 17 heavy (non-hydrogen) atoms. The summed E-state index contributed by atoms with van der Waals surface area (Å²) in [5, 5.41) is 0. The van der Waals surface area contributed by atoms with E-state index in [1.165, 1.54) is 0 Å². The van der Waals surface area contributed by atoms with Gasteiger partial charge in [-0.05, 0) is 32.6 Å². The summed E-state index contributed by atoms with van der Waals surface area (Å²) in [4.78, 5) is 11.0. The second kappa shape index (κ2) is 13.2. The third kappa shape index (κ3) is 13.1. The molecule has 3 heteroatoms. The van der Waals surface area contributed by atoms with Crippen molar-refractivity contribution >= 4 is 5.97 Å². The molecule has 0 atom stereocenters. The van der Waals surface area contributed by atoms with Crippen LogP contribution in [-0.2, 0) is 14.3 Å². The number of unbranched alkanes of at least 4 members (excludes halogenated alkanes) is 3. The van der Waals surface area contributed by atoms with E-state index in [-0.39, 0.29) is 5.97 Å². The fourth-order valence-corrected chi connectivity index (χ4v) is 1.42. The Balaban J connectivity index is 3.15. The van der Waals surface area contributed by atoms with Crippen molar-refractivity contribution in [2.45, 2.75) is 52.4 Å². The van der Waals surface area contributed by atoms with Crippen LogP contribution in [0.1, 0.15) is 52.4 Å². The molecule has 0 N–H and O–H groups in total. The predicted molar refractivity (Wildman–Crippen MR) is 70.0 cm³/mol. The van der Waals surface area contributed by atoms with Gasteiger partial charge in [0, 0.05) is 13.0 Å². The Morgan fingerprint density at radius 2 is 1.94 bits per heavy atom. The summed E-state index contributed by atoms with van der Waals surface area (Å²) in [7, 11) is 0. The van der Waals surface area contributed by atoms with Gasteiger partial charge in [-0.2, -0.15) is 0 Å². The minimum atomic E-state index is -0.0731. The third-order valence-corrected chi connectivity index (χ3v) is 2.29. The zero-order valence-corrected chi connectivity index (χ0v) is 11.2. The molecule has 3 nitrogen and oxygen atoms in total. The van der Waals surface area contributed by atoms with E-state index in [2.05, 4.69) is 19.1 Å². The zero-order valence-electron chi connectivity index (χ0n) is 11.2. The van der Waals surface area contributed by atoms with Crippen molar-refractivity contribution in [2.75, 3.05) is 19.8 Å². The first-order valence-electron chi connectivity index (χ1n) is 6.69. The molecular weight excluding hydrogens is 216 g/mol. The maximum atomic E-state index is 11.0. The first-order chi connectivity index (χ1) is 8.31. The number of carbonyl (C=O) groups excluding carboxylic acids is 1. The van der Waals surface area contributed by atoms with Gasteiger partial charge in [-0.15, -0.1) is 0 Å². The van der Waals surface area contributed by atoms with Crippen molar-refractivity contribution in [3.05, 3.63) is 12.2 Å². The van der Waals surface area contributed by atoms with Crippen molar-refractivity contribution in [2.24, 2.45) is 0 Å². The number of rotatable bonds is 11. The number of hydrogen-bond acceptors (Lipinski definition) is 3. The average molecular weight is 242 g/mol. The second-order valence-corrected chi connectivity index (χ2v) is 3.95. The van der Waals surface area contributed by atoms with Crippen LogP contribution in [0.5, 0.6) is 0 Å². The Labute approximate surface area is 105 Å². The molecule has 0 spiro atoms. The van der Waals surface area contributed by atoms with E-state index in [0.717, 1.165) is 45.3 Å². The number of allylic oxidation sites excluding steroid dienone is 1. The van der Waals surface area contributed by atoms with Crippen molar-refractivity contribution < 1.29 is 14.3 Å². The minimum Gasteiger partial charge on any atom is -0.466 e. The quantitative estimate of drug-likeness (QED) is 0.316. The standard InChI is InChI=1S/C14H26O3/c1-3-12-16-13-10-8-6-5-7-9-11-14(15)17-4-2/h8,10H,3-7,9,11-13H2,1-2H3/b10-8+. The van der Waals surface area contributed by atoms with Crippen LogP contribution in [0.25, 0.3) is 0 Å². The molecule has 0 unspecified atom stereocenters. The van der Waals surface area contributed by atoms with Crippen LogP contribution in [-0.4, -0.2) is 25.8 Å². The van der Waals surface area contributed by atoms with E-state index in [4.69, 9.17) is 9.47 Å². The summed E-state index contributed by atoms with van der Waals surface area (Å²) in [6, 6.07) is 0. The summed E-state index contributed by atoms with van der Waals surface area (Å²) in [5.74, 6) is -0.0731. The number of esters is 1. The van der Waals surface area contributed by atoms with Gasteiger partial charge in [-0.1, -0.05) is 25.5 Å². The van der Waals surface area contributed by atoms with Gasteiger partial charge in [-0.3, -0.25) is 4.79 Å². The van der Waals surface area contributed by atoms with Gasteiger partial charge in [0.2, 0.25) is 0 Å². The highest BCUT2D eigenvalue weighted by atomic mass is 16.5. The fourth-order valence-electron chi connectivity index (χ4n) is 1.42. The first kappa shape index (κ1) is 16.2. The lowest BCUT2D eigenvalue weighted by molar-refractivity contribution is -0.143. The van der Waals surface area contributed by atoms with Crippen LogP contribution in [0.2, 0.25) is 0 Å². The second-order valence-electron chi connectivity index (χ2n) is 3.95. The van der Waals surface area contributed by atoms with Gasteiger partial charge in [0.1, 0.15) is 0 Å². The largest absolute Gasteiger partial charge is 0.466 e. The predicted octanol–water partition coefficient (Wildman–Crippen LogP) is 3.48. The molecule has 0 aliphatic heterocycles. The van der Waals surface area contributed by atoms with Crippen LogP contribution in [0, 0.1) is 0 Å². The van der Waals surface area contributed by atoms with Gasteiger partial charge in [0.25, 0.3) is 0 Å². The summed E-state index contributed by atoms with van der Waals surface area (Å²) in [5.41, 5.74) is 0. The molecule has 0 heterocycles. The third-order valence-electron chi connectivity index (χ3n) is 2.29. The fraction of sp³-hybridized carbons (Fsp3) is 0.786. The summed E-state index contributed by atoms with van der Waals surface area (Å²) in [6.45, 7) is 5.98. The summed E-state index contributed by atoms with van der Waals surface area (Å²) in [6.07, 6.45) is 10.1. The molecule has 0 aliphatic rings. The molecular formula is C14H26O3.